The summed E-state index contributed by atoms with van der Waals surface area (Å²) in [6, 6.07) is 2.53. The molecule has 2 aliphatic rings. The zero-order chi connectivity index (χ0) is 14.7. The monoisotopic (exact) mass is 290 g/mol. The van der Waals surface area contributed by atoms with Crippen molar-refractivity contribution in [3.8, 4) is 0 Å². The highest BCUT2D eigenvalue weighted by Crippen LogP contribution is 2.33. The Balaban J connectivity index is 1.42. The van der Waals surface area contributed by atoms with E-state index in [4.69, 9.17) is 0 Å². The summed E-state index contributed by atoms with van der Waals surface area (Å²) in [5, 5.41) is 10.8. The van der Waals surface area contributed by atoms with Crippen molar-refractivity contribution in [2.45, 2.75) is 57.7 Å². The van der Waals surface area contributed by atoms with Crippen molar-refractivity contribution in [1.82, 2.24) is 20.4 Å². The van der Waals surface area contributed by atoms with Crippen molar-refractivity contribution in [3.05, 3.63) is 18.5 Å². The third kappa shape index (κ3) is 3.64. The summed E-state index contributed by atoms with van der Waals surface area (Å²) in [6.07, 6.45) is 9.93. The number of aromatic nitrogens is 2. The number of rotatable bonds is 5. The Bertz CT molecular complexity index is 445. The fourth-order valence-electron chi connectivity index (χ4n) is 3.71. The molecule has 0 bridgehead atoms. The van der Waals surface area contributed by atoms with E-state index in [0.717, 1.165) is 18.9 Å². The highest BCUT2D eigenvalue weighted by Gasteiger charge is 2.38. The minimum absolute atomic E-state index is 0.0232. The highest BCUT2D eigenvalue weighted by atomic mass is 16.2. The number of amides is 1. The molecule has 1 aromatic rings. The van der Waals surface area contributed by atoms with Crippen molar-refractivity contribution < 1.29 is 4.79 Å². The molecule has 5 heteroatoms. The van der Waals surface area contributed by atoms with Crippen LogP contribution in [0.4, 0.5) is 0 Å². The zero-order valence-corrected chi connectivity index (χ0v) is 12.8. The van der Waals surface area contributed by atoms with Gasteiger partial charge in [-0.05, 0) is 37.2 Å². The van der Waals surface area contributed by atoms with Crippen LogP contribution in [0.1, 0.15) is 39.0 Å². The van der Waals surface area contributed by atoms with Crippen LogP contribution in [-0.2, 0) is 11.3 Å². The molecule has 2 heterocycles. The quantitative estimate of drug-likeness (QED) is 0.865. The third-order valence-corrected chi connectivity index (χ3v) is 4.86. The second kappa shape index (κ2) is 6.60. The first-order valence-electron chi connectivity index (χ1n) is 8.23. The second-order valence-corrected chi connectivity index (χ2v) is 6.68. The first-order valence-corrected chi connectivity index (χ1v) is 8.23. The molecule has 1 amide bonds. The van der Waals surface area contributed by atoms with E-state index in [2.05, 4.69) is 22.7 Å². The number of nitrogens with one attached hydrogen (secondary N) is 2. The van der Waals surface area contributed by atoms with Gasteiger partial charge in [-0.3, -0.25) is 9.48 Å². The van der Waals surface area contributed by atoms with E-state index in [0.29, 0.717) is 18.5 Å². The van der Waals surface area contributed by atoms with Gasteiger partial charge in [-0.2, -0.15) is 5.10 Å². The molecule has 4 atom stereocenters. The summed E-state index contributed by atoms with van der Waals surface area (Å²) in [4.78, 5) is 12.3. The van der Waals surface area contributed by atoms with Gasteiger partial charge in [0, 0.05) is 31.5 Å². The van der Waals surface area contributed by atoms with Crippen LogP contribution < -0.4 is 10.6 Å². The summed E-state index contributed by atoms with van der Waals surface area (Å²) >= 11 is 0. The molecule has 0 aromatic carbocycles. The Labute approximate surface area is 126 Å². The standard InChI is InChI=1S/C16H26N4O/c1-12(11-20-8-4-7-18-20)10-17-16(21)15-9-13-5-2-3-6-14(13)19-15/h4,7-8,12-15,19H,2-3,5-6,9-11H2,1H3,(H,17,21)/t12-,13-,14-,15+/m1/s1. The number of carbonyl (C=O) groups excluding carboxylic acids is 1. The van der Waals surface area contributed by atoms with E-state index >= 15 is 0 Å². The molecule has 1 saturated heterocycles. The van der Waals surface area contributed by atoms with E-state index in [1.165, 1.54) is 25.7 Å². The summed E-state index contributed by atoms with van der Waals surface area (Å²) in [5.41, 5.74) is 0. The lowest BCUT2D eigenvalue weighted by atomic mass is 9.85. The van der Waals surface area contributed by atoms with Gasteiger partial charge < -0.3 is 10.6 Å². The highest BCUT2D eigenvalue weighted by molar-refractivity contribution is 5.82. The molecule has 1 aliphatic heterocycles. The summed E-state index contributed by atoms with van der Waals surface area (Å²) in [6.45, 7) is 3.70. The molecular weight excluding hydrogens is 264 g/mol. The molecule has 5 nitrogen and oxygen atoms in total. The van der Waals surface area contributed by atoms with E-state index < -0.39 is 0 Å². The summed E-state index contributed by atoms with van der Waals surface area (Å²) in [7, 11) is 0. The van der Waals surface area contributed by atoms with Crippen molar-refractivity contribution in [2.75, 3.05) is 6.54 Å². The lowest BCUT2D eigenvalue weighted by Gasteiger charge is -2.24. The van der Waals surface area contributed by atoms with Crippen molar-refractivity contribution >= 4 is 5.91 Å². The molecule has 1 aliphatic carbocycles. The first-order chi connectivity index (χ1) is 10.2. The number of hydrogen-bond donors (Lipinski definition) is 2. The average molecular weight is 290 g/mol. The van der Waals surface area contributed by atoms with Crippen molar-refractivity contribution in [2.24, 2.45) is 11.8 Å². The Morgan fingerprint density at radius 1 is 1.48 bits per heavy atom. The van der Waals surface area contributed by atoms with Crippen molar-refractivity contribution in [3.63, 3.8) is 0 Å². The van der Waals surface area contributed by atoms with Crippen LogP contribution in [0.2, 0.25) is 0 Å². The molecule has 116 valence electrons. The van der Waals surface area contributed by atoms with Gasteiger partial charge in [0.25, 0.3) is 0 Å². The van der Waals surface area contributed by atoms with E-state index in [9.17, 15) is 4.79 Å². The maximum absolute atomic E-state index is 12.3. The molecule has 0 unspecified atom stereocenters. The largest absolute Gasteiger partial charge is 0.354 e. The number of carbonyl (C=O) groups is 1. The second-order valence-electron chi connectivity index (χ2n) is 6.68. The fraction of sp³-hybridized carbons (Fsp3) is 0.750. The zero-order valence-electron chi connectivity index (χ0n) is 12.8. The molecular formula is C16H26N4O. The van der Waals surface area contributed by atoms with Gasteiger partial charge in [-0.1, -0.05) is 19.8 Å². The Kier molecular flexibility index (Phi) is 4.58. The predicted octanol–water partition coefficient (Wildman–Crippen LogP) is 1.56. The van der Waals surface area contributed by atoms with Crippen LogP contribution in [0, 0.1) is 11.8 Å². The topological polar surface area (TPSA) is 59.0 Å². The molecule has 3 rings (SSSR count). The first kappa shape index (κ1) is 14.6. The lowest BCUT2D eigenvalue weighted by Crippen LogP contribution is -2.44. The normalized spacial score (nSPS) is 29.9. The molecule has 2 fully saturated rings. The van der Waals surface area contributed by atoms with Crippen LogP contribution >= 0.6 is 0 Å². The molecule has 0 radical (unpaired) electrons. The SMILES string of the molecule is C[C@H](CNC(=O)[C@@H]1C[C@H]2CCCC[C@H]2N1)Cn1cccn1. The summed E-state index contributed by atoms with van der Waals surface area (Å²) < 4.78 is 1.92. The van der Waals surface area contributed by atoms with Gasteiger partial charge in [-0.15, -0.1) is 0 Å². The van der Waals surface area contributed by atoms with E-state index in [-0.39, 0.29) is 11.9 Å². The van der Waals surface area contributed by atoms with Gasteiger partial charge in [0.2, 0.25) is 5.91 Å². The fourth-order valence-corrected chi connectivity index (χ4v) is 3.71. The van der Waals surface area contributed by atoms with Crippen LogP contribution in [-0.4, -0.2) is 34.3 Å². The Hall–Kier alpha value is -1.36. The van der Waals surface area contributed by atoms with Gasteiger partial charge >= 0.3 is 0 Å². The molecule has 2 N–H and O–H groups in total. The molecule has 21 heavy (non-hydrogen) atoms. The van der Waals surface area contributed by atoms with Gasteiger partial charge in [0.1, 0.15) is 0 Å². The van der Waals surface area contributed by atoms with Crippen LogP contribution in [0.3, 0.4) is 0 Å². The number of nitrogens with zero attached hydrogens (tertiary/aromatic N) is 2. The molecule has 1 saturated carbocycles. The minimum atomic E-state index is 0.0232. The van der Waals surface area contributed by atoms with Crippen molar-refractivity contribution in [1.29, 1.82) is 0 Å². The number of fused-ring (bicyclic) bond motifs is 1. The third-order valence-electron chi connectivity index (χ3n) is 4.86. The predicted molar refractivity (Wildman–Crippen MR) is 81.7 cm³/mol. The lowest BCUT2D eigenvalue weighted by molar-refractivity contribution is -0.123. The van der Waals surface area contributed by atoms with Gasteiger partial charge in [0.05, 0.1) is 6.04 Å². The van der Waals surface area contributed by atoms with E-state index in [1.54, 1.807) is 6.20 Å². The summed E-state index contributed by atoms with van der Waals surface area (Å²) in [5.74, 6) is 1.28. The van der Waals surface area contributed by atoms with E-state index in [1.807, 2.05) is 16.9 Å². The Morgan fingerprint density at radius 2 is 2.33 bits per heavy atom. The smallest absolute Gasteiger partial charge is 0.237 e. The Morgan fingerprint density at radius 3 is 3.10 bits per heavy atom. The molecule has 0 spiro atoms. The van der Waals surface area contributed by atoms with Gasteiger partial charge in [0.15, 0.2) is 0 Å². The number of hydrogen-bond acceptors (Lipinski definition) is 3. The average Bonchev–Trinajstić information content (AvgIpc) is 3.13. The van der Waals surface area contributed by atoms with Crippen LogP contribution in [0.5, 0.6) is 0 Å². The van der Waals surface area contributed by atoms with Gasteiger partial charge in [-0.25, -0.2) is 0 Å². The minimum Gasteiger partial charge on any atom is -0.354 e. The maximum Gasteiger partial charge on any atom is 0.237 e. The maximum atomic E-state index is 12.3. The molecule has 1 aromatic heterocycles. The van der Waals surface area contributed by atoms with Crippen LogP contribution in [0.25, 0.3) is 0 Å². The van der Waals surface area contributed by atoms with Crippen LogP contribution in [0.15, 0.2) is 18.5 Å².